The number of carbonyl (C=O) groups is 1. The van der Waals surface area contributed by atoms with Crippen LogP contribution in [0.1, 0.15) is 24.6 Å². The standard InChI is InChI=1S/C17H21ClN2O3S3/c1-2-3-9-19-26(22,23)15-6-4-5-13(10-15)20-17(21)12-24-11-14-7-8-16(18)25-14/h4-8,10,19H,2-3,9,11-12H2,1H3,(H,20,21). The van der Waals surface area contributed by atoms with Crippen LogP contribution < -0.4 is 10.0 Å². The third-order valence-corrected chi connectivity index (χ3v) is 7.21. The molecule has 0 atom stereocenters. The number of amides is 1. The van der Waals surface area contributed by atoms with Crippen molar-refractivity contribution in [1.29, 1.82) is 0 Å². The van der Waals surface area contributed by atoms with Gasteiger partial charge in [0, 0.05) is 22.9 Å². The Bertz CT molecular complexity index is 837. The highest BCUT2D eigenvalue weighted by Crippen LogP contribution is 2.25. The highest BCUT2D eigenvalue weighted by molar-refractivity contribution is 7.99. The molecule has 2 aromatic rings. The van der Waals surface area contributed by atoms with Crippen LogP contribution in [-0.2, 0) is 20.6 Å². The molecule has 0 aliphatic carbocycles. The minimum absolute atomic E-state index is 0.146. The molecule has 2 rings (SSSR count). The number of unbranched alkanes of at least 4 members (excludes halogenated alkanes) is 1. The molecule has 5 nitrogen and oxygen atoms in total. The second-order valence-corrected chi connectivity index (χ2v) is 10.1. The van der Waals surface area contributed by atoms with E-state index < -0.39 is 10.0 Å². The molecule has 0 aliphatic heterocycles. The number of thioether (sulfide) groups is 1. The molecule has 1 heterocycles. The first-order valence-corrected chi connectivity index (χ1v) is 12.0. The molecule has 0 fully saturated rings. The molecule has 26 heavy (non-hydrogen) atoms. The fraction of sp³-hybridized carbons (Fsp3) is 0.353. The molecule has 1 aromatic carbocycles. The van der Waals surface area contributed by atoms with Gasteiger partial charge in [-0.05, 0) is 36.8 Å². The molecule has 0 saturated heterocycles. The van der Waals surface area contributed by atoms with Crippen molar-refractivity contribution in [1.82, 2.24) is 4.72 Å². The number of halogens is 1. The van der Waals surface area contributed by atoms with Crippen molar-refractivity contribution in [2.75, 3.05) is 17.6 Å². The van der Waals surface area contributed by atoms with Crippen molar-refractivity contribution >= 4 is 56.3 Å². The maximum Gasteiger partial charge on any atom is 0.240 e. The summed E-state index contributed by atoms with van der Waals surface area (Å²) in [5, 5.41) is 2.74. The van der Waals surface area contributed by atoms with Crippen LogP contribution in [0.15, 0.2) is 41.3 Å². The Balaban J connectivity index is 1.87. The van der Waals surface area contributed by atoms with Crippen LogP contribution in [0.4, 0.5) is 5.69 Å². The quantitative estimate of drug-likeness (QED) is 0.547. The minimum atomic E-state index is -3.56. The van der Waals surface area contributed by atoms with Crippen LogP contribution in [0, 0.1) is 0 Å². The first-order valence-electron chi connectivity index (χ1n) is 8.12. The molecule has 1 aromatic heterocycles. The number of hydrogen-bond acceptors (Lipinski definition) is 5. The van der Waals surface area contributed by atoms with E-state index in [1.165, 1.54) is 35.2 Å². The molecule has 0 bridgehead atoms. The highest BCUT2D eigenvalue weighted by atomic mass is 35.5. The molecule has 2 N–H and O–H groups in total. The van der Waals surface area contributed by atoms with Gasteiger partial charge in [0.15, 0.2) is 0 Å². The van der Waals surface area contributed by atoms with Gasteiger partial charge in [-0.15, -0.1) is 23.1 Å². The number of thiophene rings is 1. The molecule has 0 aliphatic rings. The summed E-state index contributed by atoms with van der Waals surface area (Å²) < 4.78 is 27.8. The van der Waals surface area contributed by atoms with Gasteiger partial charge in [0.1, 0.15) is 0 Å². The molecular formula is C17H21ClN2O3S3. The average molecular weight is 433 g/mol. The molecule has 0 saturated carbocycles. The zero-order valence-electron chi connectivity index (χ0n) is 14.3. The second kappa shape index (κ2) is 10.3. The molecular weight excluding hydrogens is 412 g/mol. The first kappa shape index (κ1) is 21.2. The van der Waals surface area contributed by atoms with Crippen molar-refractivity contribution in [2.24, 2.45) is 0 Å². The van der Waals surface area contributed by atoms with E-state index in [-0.39, 0.29) is 16.6 Å². The SMILES string of the molecule is CCCCNS(=O)(=O)c1cccc(NC(=O)CSCc2ccc(Cl)s2)c1. The number of rotatable bonds is 10. The van der Waals surface area contributed by atoms with E-state index in [1.54, 1.807) is 12.1 Å². The van der Waals surface area contributed by atoms with Crippen molar-refractivity contribution in [3.05, 3.63) is 45.6 Å². The maximum absolute atomic E-state index is 12.2. The van der Waals surface area contributed by atoms with E-state index in [4.69, 9.17) is 11.6 Å². The molecule has 142 valence electrons. The van der Waals surface area contributed by atoms with Crippen molar-refractivity contribution in [2.45, 2.75) is 30.4 Å². The molecule has 0 spiro atoms. The first-order chi connectivity index (χ1) is 12.4. The summed E-state index contributed by atoms with van der Waals surface area (Å²) in [6.07, 6.45) is 1.69. The number of sulfonamides is 1. The maximum atomic E-state index is 12.2. The summed E-state index contributed by atoms with van der Waals surface area (Å²) in [7, 11) is -3.56. The zero-order valence-corrected chi connectivity index (χ0v) is 17.5. The van der Waals surface area contributed by atoms with Gasteiger partial charge in [-0.1, -0.05) is 31.0 Å². The van der Waals surface area contributed by atoms with Gasteiger partial charge >= 0.3 is 0 Å². The Labute approximate surface area is 167 Å². The fourth-order valence-electron chi connectivity index (χ4n) is 2.08. The second-order valence-electron chi connectivity index (χ2n) is 5.53. The normalized spacial score (nSPS) is 11.5. The van der Waals surface area contributed by atoms with Crippen LogP contribution >= 0.6 is 34.7 Å². The summed E-state index contributed by atoms with van der Waals surface area (Å²) in [6, 6.07) is 10.0. The van der Waals surface area contributed by atoms with Crippen LogP contribution in [0.25, 0.3) is 0 Å². The van der Waals surface area contributed by atoms with Gasteiger partial charge in [0.25, 0.3) is 0 Å². The van der Waals surface area contributed by atoms with E-state index >= 15 is 0 Å². The number of anilines is 1. The summed E-state index contributed by atoms with van der Waals surface area (Å²) in [4.78, 5) is 13.3. The van der Waals surface area contributed by atoms with Gasteiger partial charge in [-0.3, -0.25) is 4.79 Å². The average Bonchev–Trinajstić information content (AvgIpc) is 3.00. The van der Waals surface area contributed by atoms with E-state index in [1.807, 2.05) is 19.1 Å². The molecule has 0 radical (unpaired) electrons. The van der Waals surface area contributed by atoms with E-state index in [0.29, 0.717) is 18.0 Å². The van der Waals surface area contributed by atoms with Crippen molar-refractivity contribution in [3.8, 4) is 0 Å². The van der Waals surface area contributed by atoms with Crippen LogP contribution in [0.2, 0.25) is 4.34 Å². The monoisotopic (exact) mass is 432 g/mol. The fourth-order valence-corrected chi connectivity index (χ4v) is 5.22. The zero-order chi connectivity index (χ0) is 19.0. The number of nitrogens with one attached hydrogen (secondary N) is 2. The van der Waals surface area contributed by atoms with Gasteiger partial charge in [0.2, 0.25) is 15.9 Å². The predicted molar refractivity (Wildman–Crippen MR) is 111 cm³/mol. The summed E-state index contributed by atoms with van der Waals surface area (Å²) in [5.74, 6) is 0.813. The van der Waals surface area contributed by atoms with E-state index in [2.05, 4.69) is 10.0 Å². The Morgan fingerprint density at radius 2 is 2.08 bits per heavy atom. The lowest BCUT2D eigenvalue weighted by Gasteiger charge is -2.09. The topological polar surface area (TPSA) is 75.3 Å². The third kappa shape index (κ3) is 6.92. The number of hydrogen-bond donors (Lipinski definition) is 2. The van der Waals surface area contributed by atoms with Crippen LogP contribution in [0.5, 0.6) is 0 Å². The summed E-state index contributed by atoms with van der Waals surface area (Å²) in [5.41, 5.74) is 0.466. The van der Waals surface area contributed by atoms with Crippen molar-refractivity contribution < 1.29 is 13.2 Å². The lowest BCUT2D eigenvalue weighted by molar-refractivity contribution is -0.113. The number of carbonyl (C=O) groups excluding carboxylic acids is 1. The van der Waals surface area contributed by atoms with Gasteiger partial charge in [0.05, 0.1) is 15.0 Å². The Hall–Kier alpha value is -1.06. The van der Waals surface area contributed by atoms with Gasteiger partial charge < -0.3 is 5.32 Å². The largest absolute Gasteiger partial charge is 0.325 e. The van der Waals surface area contributed by atoms with Gasteiger partial charge in [-0.25, -0.2) is 13.1 Å². The van der Waals surface area contributed by atoms with E-state index in [9.17, 15) is 13.2 Å². The lowest BCUT2D eigenvalue weighted by atomic mass is 10.3. The van der Waals surface area contributed by atoms with Crippen LogP contribution in [-0.4, -0.2) is 26.6 Å². The Morgan fingerprint density at radius 1 is 1.27 bits per heavy atom. The van der Waals surface area contributed by atoms with Crippen molar-refractivity contribution in [3.63, 3.8) is 0 Å². The Kier molecular flexibility index (Phi) is 8.43. The smallest absolute Gasteiger partial charge is 0.240 e. The highest BCUT2D eigenvalue weighted by Gasteiger charge is 2.14. The third-order valence-electron chi connectivity index (χ3n) is 3.36. The number of benzene rings is 1. The minimum Gasteiger partial charge on any atom is -0.325 e. The van der Waals surface area contributed by atoms with E-state index in [0.717, 1.165) is 22.1 Å². The molecule has 1 amide bonds. The summed E-state index contributed by atoms with van der Waals surface area (Å²) >= 11 is 8.85. The predicted octanol–water partition coefficient (Wildman–Crippen LogP) is 4.35. The lowest BCUT2D eigenvalue weighted by Crippen LogP contribution is -2.25. The Morgan fingerprint density at radius 3 is 2.77 bits per heavy atom. The summed E-state index contributed by atoms with van der Waals surface area (Å²) in [6.45, 7) is 2.40. The molecule has 0 unspecified atom stereocenters. The molecule has 9 heteroatoms. The van der Waals surface area contributed by atoms with Crippen LogP contribution in [0.3, 0.4) is 0 Å². The van der Waals surface area contributed by atoms with Gasteiger partial charge in [-0.2, -0.15) is 0 Å².